The fourth-order valence-corrected chi connectivity index (χ4v) is 5.16. The summed E-state index contributed by atoms with van der Waals surface area (Å²) in [4.78, 5) is 30.6. The van der Waals surface area contributed by atoms with E-state index in [1.54, 1.807) is 18.2 Å². The van der Waals surface area contributed by atoms with Gasteiger partial charge in [-0.05, 0) is 68.9 Å². The fourth-order valence-electron chi connectivity index (χ4n) is 4.48. The maximum atomic E-state index is 13.7. The highest BCUT2D eigenvalue weighted by molar-refractivity contribution is 6.45. The van der Waals surface area contributed by atoms with Crippen molar-refractivity contribution in [2.45, 2.75) is 18.9 Å². The number of nitrogens with zero attached hydrogens (tertiary/aromatic N) is 2. The number of rotatable bonds is 5. The van der Waals surface area contributed by atoms with Crippen molar-refractivity contribution in [3.63, 3.8) is 0 Å². The van der Waals surface area contributed by atoms with Crippen LogP contribution >= 0.6 is 34.8 Å². The van der Waals surface area contributed by atoms with E-state index in [-0.39, 0.29) is 32.6 Å². The number of hydrogen-bond donors (Lipinski definition) is 1. The highest BCUT2D eigenvalue weighted by Crippen LogP contribution is 2.37. The number of nitrogens with one attached hydrogen (secondary N) is 1. The predicted molar refractivity (Wildman–Crippen MR) is 146 cm³/mol. The van der Waals surface area contributed by atoms with Gasteiger partial charge in [-0.1, -0.05) is 53.0 Å². The van der Waals surface area contributed by atoms with Gasteiger partial charge >= 0.3 is 0 Å². The summed E-state index contributed by atoms with van der Waals surface area (Å²) in [5, 5.41) is 3.33. The summed E-state index contributed by atoms with van der Waals surface area (Å²) in [6.45, 7) is 0.606. The molecule has 1 atom stereocenters. The normalized spacial score (nSPS) is 15.3. The lowest BCUT2D eigenvalue weighted by atomic mass is 10.0. The third-order valence-corrected chi connectivity index (χ3v) is 7.27. The molecule has 6 nitrogen and oxygen atoms in total. The number of para-hydroxylation sites is 1. The Kier molecular flexibility index (Phi) is 8.10. The lowest BCUT2D eigenvalue weighted by Crippen LogP contribution is -2.32. The third-order valence-electron chi connectivity index (χ3n) is 6.25. The van der Waals surface area contributed by atoms with Crippen molar-refractivity contribution >= 4 is 58.0 Å². The van der Waals surface area contributed by atoms with Gasteiger partial charge in [0.05, 0.1) is 28.4 Å². The molecule has 1 unspecified atom stereocenters. The van der Waals surface area contributed by atoms with E-state index in [0.717, 1.165) is 24.1 Å². The highest BCUT2D eigenvalue weighted by atomic mass is 35.5. The molecule has 0 saturated carbocycles. The summed E-state index contributed by atoms with van der Waals surface area (Å²) in [5.74, 6) is -0.298. The van der Waals surface area contributed by atoms with Gasteiger partial charge in [-0.3, -0.25) is 9.59 Å². The molecule has 36 heavy (non-hydrogen) atoms. The number of hydrogen-bond acceptors (Lipinski definition) is 4. The summed E-state index contributed by atoms with van der Waals surface area (Å²) in [6, 6.07) is 16.1. The van der Waals surface area contributed by atoms with Crippen molar-refractivity contribution in [1.82, 2.24) is 4.90 Å². The van der Waals surface area contributed by atoms with Gasteiger partial charge < -0.3 is 19.9 Å². The van der Waals surface area contributed by atoms with Gasteiger partial charge in [-0.2, -0.15) is 0 Å². The second kappa shape index (κ2) is 11.1. The number of fused-ring (bicyclic) bond motifs is 1. The highest BCUT2D eigenvalue weighted by Gasteiger charge is 2.28. The van der Waals surface area contributed by atoms with Crippen LogP contribution in [0.1, 0.15) is 45.2 Å². The zero-order chi connectivity index (χ0) is 26.0. The first-order valence-corrected chi connectivity index (χ1v) is 12.6. The molecule has 9 heteroatoms. The quantitative estimate of drug-likeness (QED) is 0.352. The molecule has 0 fully saturated rings. The minimum Gasteiger partial charge on any atom is -0.495 e. The van der Waals surface area contributed by atoms with Crippen LogP contribution in [-0.4, -0.2) is 44.5 Å². The zero-order valence-corrected chi connectivity index (χ0v) is 22.4. The molecule has 4 rings (SSSR count). The van der Waals surface area contributed by atoms with E-state index in [1.807, 2.05) is 23.1 Å². The van der Waals surface area contributed by atoms with E-state index in [2.05, 4.69) is 30.4 Å². The summed E-state index contributed by atoms with van der Waals surface area (Å²) < 4.78 is 5.50. The van der Waals surface area contributed by atoms with Gasteiger partial charge in [-0.25, -0.2) is 0 Å². The predicted octanol–water partition coefficient (Wildman–Crippen LogP) is 6.95. The van der Waals surface area contributed by atoms with Crippen LogP contribution in [0, 0.1) is 0 Å². The van der Waals surface area contributed by atoms with E-state index >= 15 is 0 Å². The van der Waals surface area contributed by atoms with Crippen molar-refractivity contribution < 1.29 is 14.3 Å². The maximum Gasteiger partial charge on any atom is 0.258 e. The zero-order valence-electron chi connectivity index (χ0n) is 20.1. The van der Waals surface area contributed by atoms with Crippen LogP contribution in [0.5, 0.6) is 5.75 Å². The molecular formula is C27H26Cl3N3O3. The van der Waals surface area contributed by atoms with Crippen LogP contribution in [0.3, 0.4) is 0 Å². The average Bonchev–Trinajstić information content (AvgIpc) is 3.06. The smallest absolute Gasteiger partial charge is 0.258 e. The number of benzene rings is 3. The SMILES string of the molecule is COc1cc(C(=O)N2CCCC(N(C)C)c3ccccc32)ccc1NC(=O)c1cc(Cl)cc(Cl)c1Cl. The second-order valence-corrected chi connectivity index (χ2v) is 9.98. The number of carbonyl (C=O) groups is 2. The summed E-state index contributed by atoms with van der Waals surface area (Å²) >= 11 is 18.3. The van der Waals surface area contributed by atoms with Crippen molar-refractivity contribution in [3.05, 3.63) is 86.4 Å². The van der Waals surface area contributed by atoms with Crippen molar-refractivity contribution in [1.29, 1.82) is 0 Å². The minimum absolute atomic E-state index is 0.0974. The Morgan fingerprint density at radius 3 is 2.53 bits per heavy atom. The van der Waals surface area contributed by atoms with Crippen LogP contribution < -0.4 is 15.0 Å². The Morgan fingerprint density at radius 1 is 1.06 bits per heavy atom. The first-order chi connectivity index (χ1) is 17.2. The van der Waals surface area contributed by atoms with Crippen LogP contribution in [-0.2, 0) is 0 Å². The molecule has 3 aromatic carbocycles. The molecule has 1 N–H and O–H groups in total. The van der Waals surface area contributed by atoms with Gasteiger partial charge in [0.1, 0.15) is 5.75 Å². The third kappa shape index (κ3) is 5.32. The summed E-state index contributed by atoms with van der Waals surface area (Å²) in [5.41, 5.74) is 3.00. The van der Waals surface area contributed by atoms with Crippen molar-refractivity contribution in [2.75, 3.05) is 38.0 Å². The minimum atomic E-state index is -0.502. The summed E-state index contributed by atoms with van der Waals surface area (Å²) in [6.07, 6.45) is 1.83. The van der Waals surface area contributed by atoms with Gasteiger partial charge in [-0.15, -0.1) is 0 Å². The van der Waals surface area contributed by atoms with Gasteiger partial charge in [0, 0.05) is 28.9 Å². The number of ether oxygens (including phenoxy) is 1. The Bertz CT molecular complexity index is 1310. The largest absolute Gasteiger partial charge is 0.495 e. The molecule has 1 aliphatic rings. The van der Waals surface area contributed by atoms with Gasteiger partial charge in [0.2, 0.25) is 0 Å². The monoisotopic (exact) mass is 545 g/mol. The maximum absolute atomic E-state index is 13.7. The van der Waals surface area contributed by atoms with E-state index in [9.17, 15) is 9.59 Å². The van der Waals surface area contributed by atoms with Crippen LogP contribution in [0.15, 0.2) is 54.6 Å². The molecular weight excluding hydrogens is 521 g/mol. The Hall–Kier alpha value is -2.77. The first kappa shape index (κ1) is 26.3. The number of amides is 2. The Morgan fingerprint density at radius 2 is 1.81 bits per heavy atom. The van der Waals surface area contributed by atoms with Crippen LogP contribution in [0.2, 0.25) is 15.1 Å². The number of anilines is 2. The molecule has 0 aliphatic carbocycles. The second-order valence-electron chi connectivity index (χ2n) is 8.76. The van der Waals surface area contributed by atoms with Crippen LogP contribution in [0.25, 0.3) is 0 Å². The molecule has 188 valence electrons. The Labute approximate surface area is 225 Å². The van der Waals surface area contributed by atoms with E-state index in [0.29, 0.717) is 23.5 Å². The number of carbonyl (C=O) groups excluding carboxylic acids is 2. The average molecular weight is 547 g/mol. The van der Waals surface area contributed by atoms with Gasteiger partial charge in [0.25, 0.3) is 11.8 Å². The van der Waals surface area contributed by atoms with E-state index in [4.69, 9.17) is 39.5 Å². The lowest BCUT2D eigenvalue weighted by molar-refractivity contribution is 0.0985. The summed E-state index contributed by atoms with van der Waals surface area (Å²) in [7, 11) is 5.59. The Balaban J connectivity index is 1.63. The standard InChI is InChI=1S/C27H26Cl3N3O3/c1-32(2)22-9-6-12-33(23-8-5-4-7-18(22)23)27(35)16-10-11-21(24(13-16)36-3)31-26(34)19-14-17(28)15-20(29)25(19)30/h4-5,7-8,10-11,13-15,22H,6,9,12H2,1-3H3,(H,31,34). The number of methoxy groups -OCH3 is 1. The lowest BCUT2D eigenvalue weighted by Gasteiger charge is -2.27. The van der Waals surface area contributed by atoms with Crippen LogP contribution in [0.4, 0.5) is 11.4 Å². The van der Waals surface area contributed by atoms with E-state index < -0.39 is 5.91 Å². The molecule has 1 heterocycles. The van der Waals surface area contributed by atoms with Gasteiger partial charge in [0.15, 0.2) is 0 Å². The molecule has 0 spiro atoms. The molecule has 0 radical (unpaired) electrons. The molecule has 0 bridgehead atoms. The van der Waals surface area contributed by atoms with Crippen molar-refractivity contribution in [3.8, 4) is 5.75 Å². The molecule has 1 aliphatic heterocycles. The molecule has 2 amide bonds. The molecule has 3 aromatic rings. The van der Waals surface area contributed by atoms with E-state index in [1.165, 1.54) is 19.2 Å². The fraction of sp³-hybridized carbons (Fsp3) is 0.259. The van der Waals surface area contributed by atoms with Crippen molar-refractivity contribution in [2.24, 2.45) is 0 Å². The number of halogens is 3. The first-order valence-electron chi connectivity index (χ1n) is 11.4. The molecule has 0 saturated heterocycles. The topological polar surface area (TPSA) is 61.9 Å². The molecule has 0 aromatic heterocycles.